The van der Waals surface area contributed by atoms with Crippen molar-refractivity contribution in [3.05, 3.63) is 132 Å². The molecule has 4 heterocycles. The predicted octanol–water partition coefficient (Wildman–Crippen LogP) is 5.14. The number of aliphatic hydroxyl groups is 2. The van der Waals surface area contributed by atoms with E-state index in [-0.39, 0.29) is 13.2 Å². The fourth-order valence-electron chi connectivity index (χ4n) is 7.19. The minimum absolute atomic E-state index is 0.0898. The van der Waals surface area contributed by atoms with Crippen molar-refractivity contribution in [2.24, 2.45) is 9.98 Å². The lowest BCUT2D eigenvalue weighted by atomic mass is 10.1. The van der Waals surface area contributed by atoms with E-state index in [0.29, 0.717) is 50.7 Å². The zero-order valence-electron chi connectivity index (χ0n) is 38.5. The Morgan fingerprint density at radius 3 is 1.10 bits per heavy atom. The van der Waals surface area contributed by atoms with Crippen molar-refractivity contribution in [3.63, 3.8) is 0 Å². The second-order valence-corrected chi connectivity index (χ2v) is 17.5. The van der Waals surface area contributed by atoms with Crippen molar-refractivity contribution in [3.8, 4) is 0 Å². The molecule has 0 spiro atoms. The van der Waals surface area contributed by atoms with Gasteiger partial charge in [0.25, 0.3) is 0 Å². The minimum Gasteiger partial charge on any atom is -0.478 e. The number of aliphatic carboxylic acids is 4. The average Bonchev–Trinajstić information content (AvgIpc) is 3.65. The van der Waals surface area contributed by atoms with E-state index in [1.165, 1.54) is 30.7 Å². The third kappa shape index (κ3) is 18.2. The van der Waals surface area contributed by atoms with E-state index in [0.717, 1.165) is 88.5 Å². The number of aliphatic imine (C=N–C) groups is 2. The van der Waals surface area contributed by atoms with E-state index in [1.54, 1.807) is 23.5 Å². The number of hydrogen-bond acceptors (Lipinski definition) is 16. The average molecular weight is 999 g/mol. The molecule has 70 heavy (non-hydrogen) atoms. The van der Waals surface area contributed by atoms with Crippen LogP contribution in [0.3, 0.4) is 0 Å². The number of carboxylic acids is 4. The van der Waals surface area contributed by atoms with Crippen LogP contribution in [0.1, 0.15) is 11.1 Å². The van der Waals surface area contributed by atoms with Crippen molar-refractivity contribution < 1.29 is 59.3 Å². The molecule has 0 radical (unpaired) electrons. The first-order valence-corrected chi connectivity index (χ1v) is 24.1. The summed E-state index contributed by atoms with van der Waals surface area (Å²) in [5.41, 5.74) is 4.54. The van der Waals surface area contributed by atoms with Gasteiger partial charge in [0.2, 0.25) is 0 Å². The van der Waals surface area contributed by atoms with E-state index in [1.807, 2.05) is 0 Å². The molecule has 372 valence electrons. The molecule has 0 unspecified atom stereocenters. The van der Waals surface area contributed by atoms with Crippen LogP contribution in [0.15, 0.2) is 151 Å². The second kappa shape index (κ2) is 29.6. The molecule has 4 aliphatic rings. The van der Waals surface area contributed by atoms with Crippen LogP contribution in [0.2, 0.25) is 0 Å². The summed E-state index contributed by atoms with van der Waals surface area (Å²) in [7, 11) is 0. The molecule has 8 rings (SSSR count). The molecule has 4 aromatic carbocycles. The van der Waals surface area contributed by atoms with Crippen LogP contribution in [-0.4, -0.2) is 191 Å². The lowest BCUT2D eigenvalue weighted by molar-refractivity contribution is -0.134. The van der Waals surface area contributed by atoms with E-state index in [2.05, 4.69) is 117 Å². The summed E-state index contributed by atoms with van der Waals surface area (Å²) in [6.45, 7) is 12.0. The predicted molar refractivity (Wildman–Crippen MR) is 267 cm³/mol. The number of aliphatic hydroxyl groups excluding tert-OH is 2. The summed E-state index contributed by atoms with van der Waals surface area (Å²) in [5.74, 6) is -2.86. The van der Waals surface area contributed by atoms with Gasteiger partial charge in [0, 0.05) is 120 Å². The minimum atomic E-state index is -1.26. The highest BCUT2D eigenvalue weighted by molar-refractivity contribution is 7.99. The summed E-state index contributed by atoms with van der Waals surface area (Å²) >= 11 is 3.60. The van der Waals surface area contributed by atoms with Crippen molar-refractivity contribution in [1.29, 1.82) is 0 Å². The summed E-state index contributed by atoms with van der Waals surface area (Å²) in [6.07, 6.45) is 2.23. The number of benzene rings is 4. The number of carboxylic acid groups (broad SMARTS) is 4. The first-order chi connectivity index (χ1) is 33.9. The maximum absolute atomic E-state index is 9.55. The number of nitrogens with zero attached hydrogens (tertiary/aromatic N) is 6. The Morgan fingerprint density at radius 2 is 0.771 bits per heavy atom. The van der Waals surface area contributed by atoms with Gasteiger partial charge in [0.1, 0.15) is 11.7 Å². The van der Waals surface area contributed by atoms with Crippen LogP contribution in [0.5, 0.6) is 0 Å². The lowest BCUT2D eigenvalue weighted by Gasteiger charge is -2.36. The highest BCUT2D eigenvalue weighted by atomic mass is 32.2. The standard InChI is InChI=1S/2C21H25N3O2S.2C4H4O4/c2*25-14-16-26-15-13-23-9-11-24(12-10-23)21-17-5-1-3-7-19(17)27-20-8-4-2-6-18(20)22-21;2*5-3(6)1-2-4(7)8/h2*1-8,25H,9-16H2;2*1-2H,(H,5,6)(H,7,8). The SMILES string of the molecule is O=C(O)C=CC(=O)O.O=C(O)C=CC(=O)O.OCCOCCN1CCN(C2=Nc3ccccc3Sc3ccccc32)CC1.OCCOCCN1CCN(C2=Nc3ccccc3Sc3ccccc32)CC1. The first-order valence-electron chi connectivity index (χ1n) is 22.4. The zero-order chi connectivity index (χ0) is 50.1. The molecular formula is C50H58N6O12S2. The molecule has 0 saturated carbocycles. The molecule has 18 nitrogen and oxygen atoms in total. The molecule has 2 fully saturated rings. The monoisotopic (exact) mass is 998 g/mol. The maximum atomic E-state index is 9.55. The number of amidine groups is 2. The molecule has 4 aromatic rings. The van der Waals surface area contributed by atoms with E-state index < -0.39 is 23.9 Å². The van der Waals surface area contributed by atoms with Crippen LogP contribution in [0.25, 0.3) is 0 Å². The third-order valence-corrected chi connectivity index (χ3v) is 12.8. The van der Waals surface area contributed by atoms with Gasteiger partial charge in [-0.25, -0.2) is 29.2 Å². The van der Waals surface area contributed by atoms with E-state index in [4.69, 9.17) is 50.1 Å². The first kappa shape index (κ1) is 54.6. The number of rotatable bonds is 14. The molecule has 0 atom stereocenters. The number of piperazine rings is 2. The largest absolute Gasteiger partial charge is 0.478 e. The van der Waals surface area contributed by atoms with Gasteiger partial charge in [-0.05, 0) is 36.4 Å². The van der Waals surface area contributed by atoms with Gasteiger partial charge in [0.05, 0.1) is 51.0 Å². The van der Waals surface area contributed by atoms with Crippen molar-refractivity contribution >= 4 is 70.4 Å². The number of carbonyl (C=O) groups is 4. The number of ether oxygens (including phenoxy) is 2. The third-order valence-electron chi connectivity index (χ3n) is 10.5. The normalized spacial score (nSPS) is 15.3. The molecule has 0 aromatic heterocycles. The van der Waals surface area contributed by atoms with Gasteiger partial charge in [-0.3, -0.25) is 9.80 Å². The van der Waals surface area contributed by atoms with Crippen LogP contribution >= 0.6 is 23.5 Å². The van der Waals surface area contributed by atoms with Crippen LogP contribution < -0.4 is 0 Å². The molecular weight excluding hydrogens is 941 g/mol. The fraction of sp³-hybridized carbons (Fsp3) is 0.320. The Labute approximate surface area is 414 Å². The maximum Gasteiger partial charge on any atom is 0.328 e. The Hall–Kier alpha value is -6.36. The van der Waals surface area contributed by atoms with Crippen molar-refractivity contribution in [2.45, 2.75) is 19.6 Å². The highest BCUT2D eigenvalue weighted by Gasteiger charge is 2.27. The second-order valence-electron chi connectivity index (χ2n) is 15.4. The molecule has 0 aliphatic carbocycles. The Morgan fingerprint density at radius 1 is 0.457 bits per heavy atom. The molecule has 0 amide bonds. The number of hydrogen-bond donors (Lipinski definition) is 6. The smallest absolute Gasteiger partial charge is 0.328 e. The number of para-hydroxylation sites is 2. The number of fused-ring (bicyclic) bond motifs is 4. The highest BCUT2D eigenvalue weighted by Crippen LogP contribution is 2.42. The van der Waals surface area contributed by atoms with E-state index in [9.17, 15) is 19.2 Å². The van der Waals surface area contributed by atoms with Gasteiger partial charge >= 0.3 is 23.9 Å². The summed E-state index contributed by atoms with van der Waals surface area (Å²) in [4.78, 5) is 62.9. The van der Waals surface area contributed by atoms with E-state index >= 15 is 0 Å². The molecule has 2 saturated heterocycles. The summed E-state index contributed by atoms with van der Waals surface area (Å²) < 4.78 is 10.8. The van der Waals surface area contributed by atoms with Gasteiger partial charge < -0.3 is 49.9 Å². The quantitative estimate of drug-likeness (QED) is 0.0708. The topological polar surface area (TPSA) is 246 Å². The Kier molecular flexibility index (Phi) is 23.1. The molecule has 20 heteroatoms. The Balaban J connectivity index is 0.000000200. The zero-order valence-corrected chi connectivity index (χ0v) is 40.1. The van der Waals surface area contributed by atoms with Crippen LogP contribution in [0.4, 0.5) is 11.4 Å². The van der Waals surface area contributed by atoms with Crippen molar-refractivity contribution in [1.82, 2.24) is 19.6 Å². The van der Waals surface area contributed by atoms with Crippen molar-refractivity contribution in [2.75, 3.05) is 105 Å². The Bertz CT molecular complexity index is 2270. The summed E-state index contributed by atoms with van der Waals surface area (Å²) in [5, 5.41) is 48.8. The van der Waals surface area contributed by atoms with Gasteiger partial charge in [-0.15, -0.1) is 0 Å². The van der Waals surface area contributed by atoms with Crippen LogP contribution in [-0.2, 0) is 28.7 Å². The lowest BCUT2D eigenvalue weighted by Crippen LogP contribution is -2.49. The molecule has 6 N–H and O–H groups in total. The van der Waals surface area contributed by atoms with Crippen LogP contribution in [0, 0.1) is 0 Å². The van der Waals surface area contributed by atoms with Gasteiger partial charge in [0.15, 0.2) is 0 Å². The van der Waals surface area contributed by atoms with Gasteiger partial charge in [-0.2, -0.15) is 0 Å². The van der Waals surface area contributed by atoms with Gasteiger partial charge in [-0.1, -0.05) is 84.2 Å². The summed E-state index contributed by atoms with van der Waals surface area (Å²) in [6, 6.07) is 33.9. The molecule has 0 bridgehead atoms. The molecule has 4 aliphatic heterocycles. The fourth-order valence-corrected chi connectivity index (χ4v) is 9.23.